The van der Waals surface area contributed by atoms with Crippen molar-refractivity contribution in [2.75, 3.05) is 35.6 Å². The van der Waals surface area contributed by atoms with Gasteiger partial charge in [0.15, 0.2) is 12.4 Å². The van der Waals surface area contributed by atoms with Crippen molar-refractivity contribution in [3.05, 3.63) is 54.1 Å². The number of nitrogens with two attached hydrogens (primary N) is 1. The van der Waals surface area contributed by atoms with E-state index in [4.69, 9.17) is 25.8 Å². The Morgan fingerprint density at radius 2 is 1.94 bits per heavy atom. The molecule has 0 radical (unpaired) electrons. The third-order valence-corrected chi connectivity index (χ3v) is 5.82. The number of carbonyl (C=O) groups is 1. The number of nitrogens with zero attached hydrogens (tertiary/aromatic N) is 3. The van der Waals surface area contributed by atoms with Gasteiger partial charge in [-0.15, -0.1) is 0 Å². The molecule has 1 saturated heterocycles. The topological polar surface area (TPSA) is 129 Å². The Labute approximate surface area is 211 Å². The summed E-state index contributed by atoms with van der Waals surface area (Å²) in [5.41, 5.74) is 8.70. The molecule has 2 aromatic carbocycles. The number of hydrogen-bond acceptors (Lipinski definition) is 8. The number of nitrogens with one attached hydrogen (secondary N) is 3. The molecule has 4 rings (SSSR count). The lowest BCUT2D eigenvalue weighted by molar-refractivity contribution is -0.123. The molecule has 5 N–H and O–H groups in total. The lowest BCUT2D eigenvalue weighted by Gasteiger charge is -2.28. The molecule has 36 heavy (non-hydrogen) atoms. The molecule has 0 saturated carbocycles. The van der Waals surface area contributed by atoms with E-state index < -0.39 is 0 Å². The molecule has 188 valence electrons. The highest BCUT2D eigenvalue weighted by molar-refractivity contribution is 5.87. The number of benzene rings is 2. The fourth-order valence-electron chi connectivity index (χ4n) is 4.08. The maximum Gasteiger partial charge on any atom is 0.258 e. The molecule has 0 atom stereocenters. The van der Waals surface area contributed by atoms with E-state index in [-0.39, 0.29) is 18.6 Å². The van der Waals surface area contributed by atoms with Crippen molar-refractivity contribution in [2.45, 2.75) is 39.2 Å². The Bertz CT molecular complexity index is 1220. The zero-order valence-corrected chi connectivity index (χ0v) is 20.8. The molecule has 1 fully saturated rings. The first-order valence-corrected chi connectivity index (χ1v) is 12.2. The minimum absolute atomic E-state index is 0.0559. The average Bonchev–Trinajstić information content (AvgIpc) is 2.89. The van der Waals surface area contributed by atoms with Gasteiger partial charge >= 0.3 is 0 Å². The second-order valence-corrected chi connectivity index (χ2v) is 9.13. The molecule has 0 unspecified atom stereocenters. The molecule has 9 nitrogen and oxygen atoms in total. The summed E-state index contributed by atoms with van der Waals surface area (Å²) in [7, 11) is 0. The number of ether oxygens (including phenoxy) is 1. The van der Waals surface area contributed by atoms with E-state index in [0.717, 1.165) is 43.0 Å². The van der Waals surface area contributed by atoms with Crippen molar-refractivity contribution < 1.29 is 9.53 Å². The third kappa shape index (κ3) is 6.50. The Morgan fingerprint density at radius 3 is 2.69 bits per heavy atom. The number of anilines is 4. The van der Waals surface area contributed by atoms with E-state index in [9.17, 15) is 4.79 Å². The van der Waals surface area contributed by atoms with Crippen molar-refractivity contribution in [2.24, 2.45) is 0 Å². The van der Waals surface area contributed by atoms with Crippen molar-refractivity contribution in [1.82, 2.24) is 15.3 Å². The van der Waals surface area contributed by atoms with Gasteiger partial charge in [0.2, 0.25) is 0 Å². The molecule has 0 aliphatic carbocycles. The van der Waals surface area contributed by atoms with Crippen LogP contribution in [-0.2, 0) is 4.79 Å². The second kappa shape index (κ2) is 11.5. The predicted octanol–water partition coefficient (Wildman–Crippen LogP) is 4.36. The van der Waals surface area contributed by atoms with Gasteiger partial charge in [-0.2, -0.15) is 0 Å². The smallest absolute Gasteiger partial charge is 0.258 e. The minimum Gasteiger partial charge on any atom is -0.484 e. The molecule has 9 heteroatoms. The number of nitrogen functional groups attached to an aromatic ring is 1. The van der Waals surface area contributed by atoms with E-state index in [1.807, 2.05) is 56.3 Å². The molecule has 3 aromatic rings. The largest absolute Gasteiger partial charge is 0.484 e. The van der Waals surface area contributed by atoms with E-state index in [1.165, 1.54) is 12.6 Å². The van der Waals surface area contributed by atoms with Gasteiger partial charge in [0.25, 0.3) is 5.91 Å². The maximum atomic E-state index is 12.0. The van der Waals surface area contributed by atoms with Gasteiger partial charge in [0.05, 0.1) is 0 Å². The number of carbonyl (C=O) groups excluding carboxylic acids is 1. The van der Waals surface area contributed by atoms with Crippen LogP contribution in [0.15, 0.2) is 48.5 Å². The van der Waals surface area contributed by atoms with Gasteiger partial charge in [-0.05, 0) is 63.4 Å². The van der Waals surface area contributed by atoms with Crippen LogP contribution >= 0.6 is 0 Å². The first kappa shape index (κ1) is 25.0. The van der Waals surface area contributed by atoms with Gasteiger partial charge in [-0.1, -0.05) is 12.1 Å². The van der Waals surface area contributed by atoms with Crippen LogP contribution in [0.25, 0.3) is 11.4 Å². The van der Waals surface area contributed by atoms with Crippen molar-refractivity contribution >= 4 is 35.1 Å². The van der Waals surface area contributed by atoms with Crippen LogP contribution in [0.4, 0.5) is 23.0 Å². The van der Waals surface area contributed by atoms with E-state index in [2.05, 4.69) is 15.5 Å². The zero-order chi connectivity index (χ0) is 25.5. The van der Waals surface area contributed by atoms with Gasteiger partial charge in [0.1, 0.15) is 17.4 Å². The van der Waals surface area contributed by atoms with E-state index in [1.54, 1.807) is 6.07 Å². The molecule has 2 heterocycles. The summed E-state index contributed by atoms with van der Waals surface area (Å²) < 4.78 is 5.71. The summed E-state index contributed by atoms with van der Waals surface area (Å²) in [5.74, 6) is 2.46. The van der Waals surface area contributed by atoms with Crippen LogP contribution < -0.4 is 26.0 Å². The summed E-state index contributed by atoms with van der Waals surface area (Å²) in [6, 6.07) is 14.9. The van der Waals surface area contributed by atoms with Crippen molar-refractivity contribution in [3.8, 4) is 17.1 Å². The first-order chi connectivity index (χ1) is 17.4. The zero-order valence-electron chi connectivity index (χ0n) is 20.8. The van der Waals surface area contributed by atoms with Crippen molar-refractivity contribution in [3.63, 3.8) is 0 Å². The van der Waals surface area contributed by atoms with Gasteiger partial charge < -0.3 is 31.4 Å². The van der Waals surface area contributed by atoms with Gasteiger partial charge in [0, 0.05) is 53.9 Å². The molecule has 1 aromatic heterocycles. The number of aromatic nitrogens is 2. The van der Waals surface area contributed by atoms with Crippen LogP contribution in [0, 0.1) is 5.41 Å². The molecule has 1 amide bonds. The number of rotatable bonds is 9. The molecule has 1 aliphatic heterocycles. The van der Waals surface area contributed by atoms with Gasteiger partial charge in [-0.3, -0.25) is 4.79 Å². The molecule has 1 aliphatic rings. The van der Waals surface area contributed by atoms with E-state index >= 15 is 0 Å². The van der Waals surface area contributed by atoms with E-state index in [0.29, 0.717) is 28.6 Å². The molecular weight excluding hydrogens is 454 g/mol. The monoisotopic (exact) mass is 487 g/mol. The number of piperidine rings is 1. The summed E-state index contributed by atoms with van der Waals surface area (Å²) in [5, 5.41) is 13.8. The standard InChI is InChI=1S/C27H33N7O2/c1-18(2)30-26(35)17-36-22-8-6-7-19(14-22)27-32-24(15-25(33-27)34-11-4-3-5-12-34)31-21-9-10-23(29)20(13-21)16-28/h6-10,13-16,18,28H,3-5,11-12,17,29H2,1-2H3,(H,30,35)(H,31,32,33). The third-order valence-electron chi connectivity index (χ3n) is 5.82. The number of hydrogen-bond donors (Lipinski definition) is 4. The first-order valence-electron chi connectivity index (χ1n) is 12.2. The Balaban J connectivity index is 1.63. The van der Waals surface area contributed by atoms with Crippen LogP contribution in [0.5, 0.6) is 5.75 Å². The van der Waals surface area contributed by atoms with Gasteiger partial charge in [-0.25, -0.2) is 9.97 Å². The Kier molecular flexibility index (Phi) is 7.99. The highest BCUT2D eigenvalue weighted by Gasteiger charge is 2.16. The second-order valence-electron chi connectivity index (χ2n) is 9.13. The highest BCUT2D eigenvalue weighted by atomic mass is 16.5. The maximum absolute atomic E-state index is 12.0. The lowest BCUT2D eigenvalue weighted by atomic mass is 10.1. The molecular formula is C27H33N7O2. The molecule has 0 bridgehead atoms. The highest BCUT2D eigenvalue weighted by Crippen LogP contribution is 2.29. The average molecular weight is 488 g/mol. The summed E-state index contributed by atoms with van der Waals surface area (Å²) >= 11 is 0. The Morgan fingerprint density at radius 1 is 1.14 bits per heavy atom. The minimum atomic E-state index is -0.168. The molecule has 0 spiro atoms. The van der Waals surface area contributed by atoms with Crippen LogP contribution in [-0.4, -0.2) is 47.8 Å². The lowest BCUT2D eigenvalue weighted by Crippen LogP contribution is -2.34. The van der Waals surface area contributed by atoms with Crippen LogP contribution in [0.1, 0.15) is 38.7 Å². The predicted molar refractivity (Wildman–Crippen MR) is 144 cm³/mol. The fraction of sp³-hybridized carbons (Fsp3) is 0.333. The Hall–Kier alpha value is -4.14. The van der Waals surface area contributed by atoms with Crippen LogP contribution in [0.3, 0.4) is 0 Å². The summed E-state index contributed by atoms with van der Waals surface area (Å²) in [4.78, 5) is 23.9. The van der Waals surface area contributed by atoms with Crippen LogP contribution in [0.2, 0.25) is 0 Å². The summed E-state index contributed by atoms with van der Waals surface area (Å²) in [6.45, 7) is 5.66. The summed E-state index contributed by atoms with van der Waals surface area (Å²) in [6.07, 6.45) is 4.72. The SMILES string of the molecule is CC(C)NC(=O)COc1cccc(-c2nc(Nc3ccc(N)c(C=N)c3)cc(N3CCCCC3)n2)c1. The quantitative estimate of drug-likeness (QED) is 0.261. The normalized spacial score (nSPS) is 13.4. The van der Waals surface area contributed by atoms with Crippen molar-refractivity contribution in [1.29, 1.82) is 5.41 Å². The fourth-order valence-corrected chi connectivity index (χ4v) is 4.08. The number of amides is 1.